The van der Waals surface area contributed by atoms with E-state index in [1.54, 1.807) is 13.0 Å². The second-order valence-corrected chi connectivity index (χ2v) is 8.61. The van der Waals surface area contributed by atoms with Crippen molar-refractivity contribution in [1.29, 1.82) is 0 Å². The van der Waals surface area contributed by atoms with E-state index in [1.165, 1.54) is 84.0 Å². The van der Waals surface area contributed by atoms with E-state index in [-0.39, 0.29) is 40.9 Å². The number of nitrogens with one attached hydrogen (secondary N) is 1. The molecule has 41 heavy (non-hydrogen) atoms. The van der Waals surface area contributed by atoms with Crippen LogP contribution in [0.25, 0.3) is 16.9 Å². The predicted molar refractivity (Wildman–Crippen MR) is 147 cm³/mol. The highest BCUT2D eigenvalue weighted by atomic mass is 19.1. The van der Waals surface area contributed by atoms with Crippen molar-refractivity contribution >= 4 is 11.6 Å². The Hall–Kier alpha value is -5.58. The minimum absolute atomic E-state index is 0.0413. The molecule has 0 saturated carbocycles. The molecule has 2 N–H and O–H groups in total. The average molecular weight is 557 g/mol. The number of rotatable bonds is 8. The van der Waals surface area contributed by atoms with Gasteiger partial charge in [0.15, 0.2) is 11.6 Å². The minimum Gasteiger partial charge on any atom is -0.507 e. The summed E-state index contributed by atoms with van der Waals surface area (Å²) in [5.41, 5.74) is 0.221. The number of nitrogens with zero attached hydrogens (tertiary/aromatic N) is 3. The number of anilines is 1. The van der Waals surface area contributed by atoms with Crippen LogP contribution in [0, 0.1) is 11.6 Å². The van der Waals surface area contributed by atoms with Crippen LogP contribution in [-0.2, 0) is 0 Å². The number of aromatic hydroxyl groups is 1. The zero-order valence-electron chi connectivity index (χ0n) is 21.5. The molecule has 0 fully saturated rings. The van der Waals surface area contributed by atoms with Crippen LogP contribution in [0.3, 0.4) is 0 Å². The fourth-order valence-electron chi connectivity index (χ4n) is 4.02. The van der Waals surface area contributed by atoms with Crippen molar-refractivity contribution < 1.29 is 28.2 Å². The number of aromatic nitrogens is 3. The molecule has 0 aliphatic heterocycles. The summed E-state index contributed by atoms with van der Waals surface area (Å²) in [6, 6.07) is 16.4. The molecule has 0 aliphatic carbocycles. The van der Waals surface area contributed by atoms with Gasteiger partial charge in [-0.2, -0.15) is 0 Å². The molecule has 0 aliphatic rings. The summed E-state index contributed by atoms with van der Waals surface area (Å²) in [7, 11) is 0. The second kappa shape index (κ2) is 11.7. The minimum atomic E-state index is -0.823. The fraction of sp³-hybridized carbons (Fsp3) is 0.0667. The van der Waals surface area contributed by atoms with Crippen LogP contribution in [0.2, 0.25) is 0 Å². The summed E-state index contributed by atoms with van der Waals surface area (Å²) in [6.45, 7) is 1.89. The van der Waals surface area contributed by atoms with E-state index in [2.05, 4.69) is 15.3 Å². The van der Waals surface area contributed by atoms with Crippen LogP contribution in [0.1, 0.15) is 17.3 Å². The first-order chi connectivity index (χ1) is 19.8. The molecular weight excluding hydrogens is 534 g/mol. The quantitative estimate of drug-likeness (QED) is 0.251. The Kier molecular flexibility index (Phi) is 7.68. The highest BCUT2D eigenvalue weighted by Crippen LogP contribution is 2.34. The normalized spacial score (nSPS) is 10.7. The number of pyridine rings is 1. The molecule has 2 heterocycles. The zero-order valence-corrected chi connectivity index (χ0v) is 21.5. The third kappa shape index (κ3) is 5.88. The Morgan fingerprint density at radius 2 is 1.80 bits per heavy atom. The highest BCUT2D eigenvalue weighted by Gasteiger charge is 2.21. The van der Waals surface area contributed by atoms with E-state index in [0.29, 0.717) is 16.9 Å². The largest absolute Gasteiger partial charge is 0.507 e. The summed E-state index contributed by atoms with van der Waals surface area (Å²) >= 11 is 0. The summed E-state index contributed by atoms with van der Waals surface area (Å²) < 4.78 is 40.7. The first kappa shape index (κ1) is 27.0. The first-order valence-corrected chi connectivity index (χ1v) is 12.4. The summed E-state index contributed by atoms with van der Waals surface area (Å²) in [5, 5.41) is 12.7. The molecule has 5 aromatic rings. The van der Waals surface area contributed by atoms with Crippen molar-refractivity contribution in [3.05, 3.63) is 119 Å². The van der Waals surface area contributed by atoms with Crippen molar-refractivity contribution in [3.8, 4) is 39.9 Å². The van der Waals surface area contributed by atoms with Crippen LogP contribution in [0.4, 0.5) is 14.5 Å². The van der Waals surface area contributed by atoms with Gasteiger partial charge in [-0.25, -0.2) is 18.7 Å². The SMILES string of the molecule is CCOc1ccn(-c2ccc(F)cc2)c(=O)c1C(=O)Nc1ccc(Oc2ccc(O)c(-c3ccncn3)c2)c(F)c1. The molecule has 0 unspecified atom stereocenters. The van der Waals surface area contributed by atoms with E-state index in [1.807, 2.05) is 0 Å². The number of ether oxygens (including phenoxy) is 2. The van der Waals surface area contributed by atoms with E-state index in [4.69, 9.17) is 9.47 Å². The van der Waals surface area contributed by atoms with E-state index in [9.17, 15) is 19.1 Å². The Labute approximate surface area is 232 Å². The fourth-order valence-corrected chi connectivity index (χ4v) is 4.02. The number of carbonyl (C=O) groups is 1. The molecule has 9 nitrogen and oxygen atoms in total. The van der Waals surface area contributed by atoms with E-state index < -0.39 is 23.1 Å². The van der Waals surface area contributed by atoms with Crippen molar-refractivity contribution in [2.45, 2.75) is 6.92 Å². The van der Waals surface area contributed by atoms with Crippen molar-refractivity contribution in [3.63, 3.8) is 0 Å². The predicted octanol–water partition coefficient (Wildman–Crippen LogP) is 5.72. The number of hydrogen-bond acceptors (Lipinski definition) is 7. The Morgan fingerprint density at radius 1 is 1.00 bits per heavy atom. The number of amides is 1. The first-order valence-electron chi connectivity index (χ1n) is 12.4. The van der Waals surface area contributed by atoms with Gasteiger partial charge < -0.3 is 19.9 Å². The van der Waals surface area contributed by atoms with Gasteiger partial charge in [0.25, 0.3) is 11.5 Å². The monoisotopic (exact) mass is 556 g/mol. The molecule has 3 aromatic carbocycles. The van der Waals surface area contributed by atoms with Crippen LogP contribution < -0.4 is 20.3 Å². The third-order valence-electron chi connectivity index (χ3n) is 5.93. The van der Waals surface area contributed by atoms with Gasteiger partial charge in [0, 0.05) is 35.4 Å². The molecule has 1 amide bonds. The maximum absolute atomic E-state index is 15.0. The molecule has 0 radical (unpaired) electrons. The lowest BCUT2D eigenvalue weighted by Crippen LogP contribution is -2.29. The van der Waals surface area contributed by atoms with Crippen LogP contribution in [0.15, 0.2) is 96.3 Å². The smallest absolute Gasteiger partial charge is 0.271 e. The van der Waals surface area contributed by atoms with E-state index in [0.717, 1.165) is 6.07 Å². The Balaban J connectivity index is 1.39. The lowest BCUT2D eigenvalue weighted by Gasteiger charge is -2.14. The Bertz CT molecular complexity index is 1780. The van der Waals surface area contributed by atoms with Crippen molar-refractivity contribution in [2.75, 3.05) is 11.9 Å². The van der Waals surface area contributed by atoms with Crippen LogP contribution in [0.5, 0.6) is 23.0 Å². The average Bonchev–Trinajstić information content (AvgIpc) is 2.97. The number of phenols is 1. The summed E-state index contributed by atoms with van der Waals surface area (Å²) in [6.07, 6.45) is 4.27. The molecule has 0 bridgehead atoms. The second-order valence-electron chi connectivity index (χ2n) is 8.61. The van der Waals surface area contributed by atoms with Crippen LogP contribution in [-0.4, -0.2) is 32.2 Å². The van der Waals surface area contributed by atoms with Gasteiger partial charge in [-0.05, 0) is 73.7 Å². The number of hydrogen-bond donors (Lipinski definition) is 2. The third-order valence-corrected chi connectivity index (χ3v) is 5.93. The molecule has 0 spiro atoms. The lowest BCUT2D eigenvalue weighted by atomic mass is 10.1. The molecule has 2 aromatic heterocycles. The van der Waals surface area contributed by atoms with Gasteiger partial charge >= 0.3 is 0 Å². The molecular formula is C30H22F2N4O5. The van der Waals surface area contributed by atoms with Gasteiger partial charge in [-0.15, -0.1) is 0 Å². The Morgan fingerprint density at radius 3 is 2.51 bits per heavy atom. The number of phenolic OH excluding ortho intramolecular Hbond substituents is 1. The standard InChI is InChI=1S/C30H22F2N4O5/c1-2-40-27-12-14-36(20-6-3-18(31)4-7-20)30(39)28(27)29(38)35-19-5-10-26(23(32)15-19)41-21-8-9-25(37)22(16-21)24-11-13-33-17-34-24/h3-17,37H,2H2,1H3,(H,35,38). The maximum Gasteiger partial charge on any atom is 0.271 e. The van der Waals surface area contributed by atoms with E-state index >= 15 is 4.39 Å². The summed E-state index contributed by atoms with van der Waals surface area (Å²) in [5.74, 6) is -2.00. The van der Waals surface area contributed by atoms with Crippen molar-refractivity contribution in [1.82, 2.24) is 14.5 Å². The van der Waals surface area contributed by atoms with Gasteiger partial charge in [0.1, 0.15) is 35.0 Å². The van der Waals surface area contributed by atoms with Gasteiger partial charge in [0.2, 0.25) is 0 Å². The highest BCUT2D eigenvalue weighted by molar-refractivity contribution is 6.06. The molecule has 5 rings (SSSR count). The molecule has 11 heteroatoms. The van der Waals surface area contributed by atoms with Gasteiger partial charge in [0.05, 0.1) is 12.3 Å². The summed E-state index contributed by atoms with van der Waals surface area (Å²) in [4.78, 5) is 34.4. The zero-order chi connectivity index (χ0) is 28.9. The lowest BCUT2D eigenvalue weighted by molar-refractivity contribution is 0.102. The number of halogens is 2. The van der Waals surface area contributed by atoms with Crippen LogP contribution >= 0.6 is 0 Å². The number of benzene rings is 3. The van der Waals surface area contributed by atoms with Gasteiger partial charge in [-0.3, -0.25) is 14.2 Å². The molecule has 0 saturated heterocycles. The topological polar surface area (TPSA) is 116 Å². The van der Waals surface area contributed by atoms with Gasteiger partial charge in [-0.1, -0.05) is 0 Å². The number of carbonyl (C=O) groups excluding carboxylic acids is 1. The maximum atomic E-state index is 15.0. The van der Waals surface area contributed by atoms with Crippen molar-refractivity contribution in [2.24, 2.45) is 0 Å². The molecule has 206 valence electrons. The molecule has 0 atom stereocenters.